The van der Waals surface area contributed by atoms with Crippen molar-refractivity contribution >= 4 is 11.9 Å². The number of carboxylic acid groups (broad SMARTS) is 1. The van der Waals surface area contributed by atoms with Crippen molar-refractivity contribution in [1.82, 2.24) is 0 Å². The first kappa shape index (κ1) is 44.3. The normalized spacial score (nSPS) is 54.2. The number of carboxylic acids is 1. The fraction of sp³-hybridized carbons (Fsp3) is 0.905. The highest BCUT2D eigenvalue weighted by Gasteiger charge is 2.71. The van der Waals surface area contributed by atoms with E-state index in [2.05, 4.69) is 26.8 Å². The topological polar surface area (TPSA) is 273 Å². The third-order valence-electron chi connectivity index (χ3n) is 17.6. The predicted octanol–water partition coefficient (Wildman–Crippen LogP) is 0.353. The lowest BCUT2D eigenvalue weighted by molar-refractivity contribution is -0.329. The molecule has 10 N–H and O–H groups in total. The molecule has 6 fully saturated rings. The number of fused-ring (bicyclic) bond motifs is 7. The molecule has 7 rings (SSSR count). The Morgan fingerprint density at radius 2 is 1.31 bits per heavy atom. The zero-order chi connectivity index (χ0) is 42.5. The predicted molar refractivity (Wildman–Crippen MR) is 201 cm³/mol. The molecule has 0 aromatic heterocycles. The van der Waals surface area contributed by atoms with Gasteiger partial charge in [0.2, 0.25) is 6.29 Å². The monoisotopic (exact) mass is 826 g/mol. The van der Waals surface area contributed by atoms with Crippen LogP contribution in [0, 0.1) is 50.2 Å². The van der Waals surface area contributed by atoms with E-state index < -0.39 is 120 Å². The summed E-state index contributed by atoms with van der Waals surface area (Å²) in [5.74, 6) is -2.32. The van der Waals surface area contributed by atoms with Gasteiger partial charge in [0.1, 0.15) is 48.8 Å². The van der Waals surface area contributed by atoms with Crippen LogP contribution in [0.4, 0.5) is 0 Å². The van der Waals surface area contributed by atoms with Gasteiger partial charge in [0.05, 0.1) is 30.1 Å². The Hall–Kier alpha value is -1.80. The quantitative estimate of drug-likeness (QED) is 0.0899. The first-order valence-electron chi connectivity index (χ1n) is 21.1. The molecule has 0 bridgehead atoms. The SMILES string of the molecule is CC1(CO)CCC2(C(=O)O[C@@H]3O[C@H](CO)[C@@H](O)[C@H](O)[C@H]3O)CCC3(C)C(=CCC4C5(C)CCC(O[C@@H]6O[C@H](CO)[C@@H](O)[C@H](O)[C@H]6O)C(C)(C(=O)O)C5CCC43C)C2C1. The lowest BCUT2D eigenvalue weighted by atomic mass is 9.33. The van der Waals surface area contributed by atoms with Crippen LogP contribution in [0.25, 0.3) is 0 Å². The second kappa shape index (κ2) is 15.2. The Balaban J connectivity index is 1.20. The van der Waals surface area contributed by atoms with E-state index in [0.717, 1.165) is 5.57 Å². The largest absolute Gasteiger partial charge is 0.481 e. The first-order valence-corrected chi connectivity index (χ1v) is 21.1. The molecule has 330 valence electrons. The number of esters is 1. The van der Waals surface area contributed by atoms with Gasteiger partial charge in [-0.05, 0) is 111 Å². The van der Waals surface area contributed by atoms with E-state index in [0.29, 0.717) is 64.2 Å². The van der Waals surface area contributed by atoms with Crippen LogP contribution in [0.3, 0.4) is 0 Å². The fourth-order valence-corrected chi connectivity index (χ4v) is 13.5. The summed E-state index contributed by atoms with van der Waals surface area (Å²) in [5.41, 5.74) is -3.09. The zero-order valence-corrected chi connectivity index (χ0v) is 34.3. The molecule has 0 radical (unpaired) electrons. The molecule has 58 heavy (non-hydrogen) atoms. The molecule has 0 aromatic rings. The van der Waals surface area contributed by atoms with Crippen LogP contribution in [0.15, 0.2) is 11.6 Å². The molecular weight excluding hydrogens is 760 g/mol. The molecular formula is C42H66O16. The van der Waals surface area contributed by atoms with Crippen molar-refractivity contribution < 1.29 is 79.6 Å². The maximum Gasteiger partial charge on any atom is 0.315 e. The lowest BCUT2D eigenvalue weighted by Crippen LogP contribution is -2.68. The summed E-state index contributed by atoms with van der Waals surface area (Å²) < 4.78 is 23.4. The molecule has 0 spiro atoms. The van der Waals surface area contributed by atoms with Crippen LogP contribution in [-0.4, -0.2) is 150 Å². The summed E-state index contributed by atoms with van der Waals surface area (Å²) in [5, 5.41) is 104. The minimum atomic E-state index is -1.74. The Morgan fingerprint density at radius 1 is 0.724 bits per heavy atom. The van der Waals surface area contributed by atoms with Gasteiger partial charge < -0.3 is 70.0 Å². The number of ether oxygens (including phenoxy) is 4. The van der Waals surface area contributed by atoms with Crippen molar-refractivity contribution in [2.24, 2.45) is 50.2 Å². The number of aliphatic hydroxyl groups is 9. The highest BCUT2D eigenvalue weighted by Crippen LogP contribution is 2.76. The van der Waals surface area contributed by atoms with E-state index in [1.165, 1.54) is 0 Å². The van der Waals surface area contributed by atoms with Crippen LogP contribution in [0.5, 0.6) is 0 Å². The van der Waals surface area contributed by atoms with Crippen molar-refractivity contribution in [1.29, 1.82) is 0 Å². The van der Waals surface area contributed by atoms with Crippen LogP contribution in [0.1, 0.15) is 98.8 Å². The van der Waals surface area contributed by atoms with Gasteiger partial charge in [-0.2, -0.15) is 0 Å². The molecule has 10 unspecified atom stereocenters. The first-order chi connectivity index (χ1) is 27.1. The van der Waals surface area contributed by atoms with Gasteiger partial charge >= 0.3 is 11.9 Å². The van der Waals surface area contributed by atoms with Crippen molar-refractivity contribution in [3.05, 3.63) is 11.6 Å². The van der Waals surface area contributed by atoms with Gasteiger partial charge in [0.25, 0.3) is 0 Å². The summed E-state index contributed by atoms with van der Waals surface area (Å²) in [6.07, 6.45) is -8.87. The maximum absolute atomic E-state index is 14.6. The summed E-state index contributed by atoms with van der Waals surface area (Å²) in [7, 11) is 0. The van der Waals surface area contributed by atoms with E-state index in [1.807, 2.05) is 6.92 Å². The average Bonchev–Trinajstić information content (AvgIpc) is 3.19. The molecule has 16 nitrogen and oxygen atoms in total. The second-order valence-corrected chi connectivity index (χ2v) is 20.2. The minimum Gasteiger partial charge on any atom is -0.481 e. The molecule has 2 heterocycles. The Labute approximate surface area is 339 Å². The standard InChI is InChI=1S/C42H66O16/c1-37(19-45)12-14-42(36(54)58-34-32(51)30(49)28(47)23(18-44)56-34)15-13-39(3)20(21(42)16-37)6-7-24-38(2)10-9-26(41(5,35(52)53)25(38)8-11-40(24,39)4)57-33-31(50)29(48)27(46)22(17-43)55-33/h6,21-34,43-51H,7-19H2,1-5H3,(H,52,53)/t21?,22-,23-,24?,25?,26?,27-,28-,29+,30+,31-,32-,33+,34+,37?,38?,39?,40?,41?,42?/m1/s1. The lowest BCUT2D eigenvalue weighted by Gasteiger charge is -2.71. The van der Waals surface area contributed by atoms with Gasteiger partial charge in [-0.3, -0.25) is 9.59 Å². The molecule has 7 aliphatic rings. The molecule has 0 amide bonds. The fourth-order valence-electron chi connectivity index (χ4n) is 13.5. The van der Waals surface area contributed by atoms with Gasteiger partial charge in [-0.15, -0.1) is 0 Å². The number of rotatable bonds is 8. The summed E-state index contributed by atoms with van der Waals surface area (Å²) in [6.45, 7) is 9.07. The van der Waals surface area contributed by atoms with Gasteiger partial charge in [0, 0.05) is 6.61 Å². The Bertz CT molecular complexity index is 1610. The summed E-state index contributed by atoms with van der Waals surface area (Å²) in [6, 6.07) is 0. The van der Waals surface area contributed by atoms with Crippen LogP contribution >= 0.6 is 0 Å². The third kappa shape index (κ3) is 6.29. The number of carbonyl (C=O) groups excluding carboxylic acids is 1. The van der Waals surface area contributed by atoms with Crippen molar-refractivity contribution in [3.8, 4) is 0 Å². The van der Waals surface area contributed by atoms with Crippen LogP contribution in [-0.2, 0) is 28.5 Å². The van der Waals surface area contributed by atoms with Crippen molar-refractivity contribution in [3.63, 3.8) is 0 Å². The van der Waals surface area contributed by atoms with Crippen LogP contribution in [0.2, 0.25) is 0 Å². The number of aliphatic carboxylic acids is 1. The highest BCUT2D eigenvalue weighted by atomic mass is 16.7. The molecule has 2 aliphatic heterocycles. The zero-order valence-electron chi connectivity index (χ0n) is 34.3. The van der Waals surface area contributed by atoms with Crippen LogP contribution < -0.4 is 0 Å². The molecule has 2 saturated heterocycles. The van der Waals surface area contributed by atoms with E-state index in [9.17, 15) is 60.7 Å². The highest BCUT2D eigenvalue weighted by molar-refractivity contribution is 5.79. The molecule has 4 saturated carbocycles. The van der Waals surface area contributed by atoms with E-state index in [1.54, 1.807) is 6.92 Å². The molecule has 0 aromatic carbocycles. The van der Waals surface area contributed by atoms with Gasteiger partial charge in [-0.1, -0.05) is 39.3 Å². The summed E-state index contributed by atoms with van der Waals surface area (Å²) in [4.78, 5) is 28.1. The Morgan fingerprint density at radius 3 is 1.90 bits per heavy atom. The van der Waals surface area contributed by atoms with Crippen molar-refractivity contribution in [2.45, 2.75) is 166 Å². The Kier molecular flexibility index (Phi) is 11.6. The number of aliphatic hydroxyl groups excluding tert-OH is 9. The third-order valence-corrected chi connectivity index (χ3v) is 17.6. The molecule has 5 aliphatic carbocycles. The maximum atomic E-state index is 14.6. The van der Waals surface area contributed by atoms with Crippen molar-refractivity contribution in [2.75, 3.05) is 19.8 Å². The van der Waals surface area contributed by atoms with E-state index in [4.69, 9.17) is 18.9 Å². The number of hydrogen-bond donors (Lipinski definition) is 10. The summed E-state index contributed by atoms with van der Waals surface area (Å²) >= 11 is 0. The number of hydrogen-bond acceptors (Lipinski definition) is 15. The number of allylic oxidation sites excluding steroid dienone is 2. The van der Waals surface area contributed by atoms with E-state index >= 15 is 0 Å². The van der Waals surface area contributed by atoms with Gasteiger partial charge in [-0.25, -0.2) is 0 Å². The number of carbonyl (C=O) groups is 2. The van der Waals surface area contributed by atoms with Gasteiger partial charge in [0.15, 0.2) is 6.29 Å². The second-order valence-electron chi connectivity index (χ2n) is 20.2. The smallest absolute Gasteiger partial charge is 0.315 e. The molecule has 20 atom stereocenters. The average molecular weight is 827 g/mol. The molecule has 16 heteroatoms. The minimum absolute atomic E-state index is 0.0285. The van der Waals surface area contributed by atoms with E-state index in [-0.39, 0.29) is 29.8 Å².